The van der Waals surface area contributed by atoms with Gasteiger partial charge in [0, 0.05) is 12.5 Å². The normalized spacial score (nSPS) is 13.6. The Balaban J connectivity index is 4.06. The summed E-state index contributed by atoms with van der Waals surface area (Å²) in [5, 5.41) is 0. The van der Waals surface area contributed by atoms with Gasteiger partial charge in [-0.25, -0.2) is 4.79 Å². The van der Waals surface area contributed by atoms with E-state index in [2.05, 4.69) is 0 Å². The first-order valence-electron chi connectivity index (χ1n) is 4.24. The molecule has 0 aliphatic rings. The number of ketones is 1. The molecular formula is C9H17NO3. The highest BCUT2D eigenvalue weighted by Crippen LogP contribution is 2.07. The number of esters is 1. The summed E-state index contributed by atoms with van der Waals surface area (Å²) in [5.74, 6) is -1.37. The Kier molecular flexibility index (Phi) is 4.07. The fraction of sp³-hybridized carbons (Fsp3) is 0.778. The van der Waals surface area contributed by atoms with Crippen LogP contribution in [-0.2, 0) is 14.3 Å². The molecule has 1 atom stereocenters. The third kappa shape index (κ3) is 6.28. The zero-order valence-electron chi connectivity index (χ0n) is 8.59. The number of nitrogens with two attached hydrogens (primary N) is 1. The molecular weight excluding hydrogens is 170 g/mol. The van der Waals surface area contributed by atoms with Crippen LogP contribution in [0.5, 0.6) is 0 Å². The van der Waals surface area contributed by atoms with Gasteiger partial charge in [0.05, 0.1) is 0 Å². The Bertz CT molecular complexity index is 203. The number of hydrogen-bond donors (Lipinski definition) is 1. The lowest BCUT2D eigenvalue weighted by atomic mass is 10.1. The van der Waals surface area contributed by atoms with Gasteiger partial charge in [-0.1, -0.05) is 0 Å². The lowest BCUT2D eigenvalue weighted by molar-refractivity contribution is -0.162. The summed E-state index contributed by atoms with van der Waals surface area (Å²) in [5.41, 5.74) is 4.75. The molecule has 2 N–H and O–H groups in total. The number of carbonyl (C=O) groups excluding carboxylic acids is 2. The molecule has 0 saturated carbocycles. The fourth-order valence-electron chi connectivity index (χ4n) is 0.711. The average molecular weight is 187 g/mol. The highest BCUT2D eigenvalue weighted by molar-refractivity contribution is 6.33. The molecule has 0 aromatic rings. The van der Waals surface area contributed by atoms with Gasteiger partial charge in [0.1, 0.15) is 5.60 Å². The van der Waals surface area contributed by atoms with E-state index >= 15 is 0 Å². The maximum atomic E-state index is 11.1. The van der Waals surface area contributed by atoms with E-state index in [1.807, 2.05) is 0 Å². The molecule has 0 radical (unpaired) electrons. The summed E-state index contributed by atoms with van der Waals surface area (Å²) in [7, 11) is 0. The van der Waals surface area contributed by atoms with Crippen molar-refractivity contribution in [2.24, 2.45) is 5.73 Å². The second-order valence-corrected chi connectivity index (χ2v) is 4.11. The molecule has 0 aliphatic carbocycles. The Hall–Kier alpha value is -0.900. The standard InChI is InChI=1S/C9H17NO3/c1-6(10)5-7(11)8(12)13-9(2,3)4/h6H,5,10H2,1-4H3. The van der Waals surface area contributed by atoms with E-state index in [1.54, 1.807) is 27.7 Å². The van der Waals surface area contributed by atoms with Crippen molar-refractivity contribution in [1.82, 2.24) is 0 Å². The predicted octanol–water partition coefficient (Wildman–Crippen LogP) is 0.634. The van der Waals surface area contributed by atoms with Crippen LogP contribution < -0.4 is 5.73 Å². The van der Waals surface area contributed by atoms with E-state index in [0.29, 0.717) is 0 Å². The van der Waals surface area contributed by atoms with Gasteiger partial charge in [-0.3, -0.25) is 4.79 Å². The maximum Gasteiger partial charge on any atom is 0.375 e. The second kappa shape index (κ2) is 4.37. The van der Waals surface area contributed by atoms with Crippen molar-refractivity contribution in [2.45, 2.75) is 45.8 Å². The van der Waals surface area contributed by atoms with E-state index in [0.717, 1.165) is 0 Å². The van der Waals surface area contributed by atoms with Gasteiger partial charge >= 0.3 is 5.97 Å². The molecule has 4 heteroatoms. The monoisotopic (exact) mass is 187 g/mol. The van der Waals surface area contributed by atoms with Gasteiger partial charge in [-0.2, -0.15) is 0 Å². The average Bonchev–Trinajstić information content (AvgIpc) is 1.81. The quantitative estimate of drug-likeness (QED) is 0.520. The number of hydrogen-bond acceptors (Lipinski definition) is 4. The summed E-state index contributed by atoms with van der Waals surface area (Å²) in [4.78, 5) is 22.1. The minimum absolute atomic E-state index is 0.0366. The van der Waals surface area contributed by atoms with Crippen LogP contribution >= 0.6 is 0 Å². The number of ether oxygens (including phenoxy) is 1. The largest absolute Gasteiger partial charge is 0.454 e. The summed E-state index contributed by atoms with van der Waals surface area (Å²) in [6, 6.07) is -0.306. The van der Waals surface area contributed by atoms with E-state index in [9.17, 15) is 9.59 Å². The maximum absolute atomic E-state index is 11.1. The molecule has 76 valence electrons. The van der Waals surface area contributed by atoms with Crippen molar-refractivity contribution in [3.63, 3.8) is 0 Å². The summed E-state index contributed by atoms with van der Waals surface area (Å²) < 4.78 is 4.86. The van der Waals surface area contributed by atoms with E-state index < -0.39 is 17.4 Å². The molecule has 0 saturated heterocycles. The molecule has 0 bridgehead atoms. The lowest BCUT2D eigenvalue weighted by Gasteiger charge is -2.18. The van der Waals surface area contributed by atoms with Gasteiger partial charge in [0.25, 0.3) is 0 Å². The summed E-state index contributed by atoms with van der Waals surface area (Å²) >= 11 is 0. The van der Waals surface area contributed by atoms with Crippen LogP contribution in [0.25, 0.3) is 0 Å². The number of rotatable bonds is 3. The molecule has 4 nitrogen and oxygen atoms in total. The van der Waals surface area contributed by atoms with Gasteiger partial charge in [-0.05, 0) is 27.7 Å². The summed E-state index contributed by atoms with van der Waals surface area (Å²) in [6.45, 7) is 6.81. The molecule has 0 spiro atoms. The zero-order valence-corrected chi connectivity index (χ0v) is 8.59. The first-order chi connectivity index (χ1) is 5.72. The Labute approximate surface area is 78.4 Å². The minimum atomic E-state index is -0.801. The molecule has 0 amide bonds. The lowest BCUT2D eigenvalue weighted by Crippen LogP contribution is -2.32. The first kappa shape index (κ1) is 12.1. The molecule has 0 heterocycles. The SMILES string of the molecule is CC(N)CC(=O)C(=O)OC(C)(C)C. The van der Waals surface area contributed by atoms with Crippen molar-refractivity contribution >= 4 is 11.8 Å². The zero-order chi connectivity index (χ0) is 10.6. The van der Waals surface area contributed by atoms with Crippen LogP contribution in [0, 0.1) is 0 Å². The molecule has 0 aromatic heterocycles. The van der Waals surface area contributed by atoms with Crippen LogP contribution in [0.1, 0.15) is 34.1 Å². The topological polar surface area (TPSA) is 69.4 Å². The fourth-order valence-corrected chi connectivity index (χ4v) is 0.711. The Morgan fingerprint density at radius 1 is 1.38 bits per heavy atom. The smallest absolute Gasteiger partial charge is 0.375 e. The third-order valence-corrected chi connectivity index (χ3v) is 1.13. The van der Waals surface area contributed by atoms with Crippen molar-refractivity contribution < 1.29 is 14.3 Å². The van der Waals surface area contributed by atoms with Crippen LogP contribution in [0.2, 0.25) is 0 Å². The van der Waals surface area contributed by atoms with Crippen molar-refractivity contribution in [2.75, 3.05) is 0 Å². The van der Waals surface area contributed by atoms with Crippen molar-refractivity contribution in [3.05, 3.63) is 0 Å². The molecule has 0 fully saturated rings. The van der Waals surface area contributed by atoms with Crippen LogP contribution in [-0.4, -0.2) is 23.4 Å². The van der Waals surface area contributed by atoms with Gasteiger partial charge in [0.15, 0.2) is 0 Å². The minimum Gasteiger partial charge on any atom is -0.454 e. The molecule has 0 aliphatic heterocycles. The molecule has 13 heavy (non-hydrogen) atoms. The third-order valence-electron chi connectivity index (χ3n) is 1.13. The van der Waals surface area contributed by atoms with Gasteiger partial charge in [0.2, 0.25) is 5.78 Å². The highest BCUT2D eigenvalue weighted by atomic mass is 16.6. The van der Waals surface area contributed by atoms with Crippen LogP contribution in [0.3, 0.4) is 0 Å². The van der Waals surface area contributed by atoms with Crippen molar-refractivity contribution in [1.29, 1.82) is 0 Å². The number of Topliss-reactive ketones (excluding diaryl/α,β-unsaturated/α-hetero) is 1. The molecule has 1 unspecified atom stereocenters. The number of carbonyl (C=O) groups is 2. The van der Waals surface area contributed by atoms with Crippen LogP contribution in [0.4, 0.5) is 0 Å². The molecule has 0 rings (SSSR count). The predicted molar refractivity (Wildman–Crippen MR) is 49.1 cm³/mol. The summed E-state index contributed by atoms with van der Waals surface area (Å²) in [6.07, 6.45) is 0.0366. The van der Waals surface area contributed by atoms with Gasteiger partial charge in [-0.15, -0.1) is 0 Å². The van der Waals surface area contributed by atoms with Crippen molar-refractivity contribution in [3.8, 4) is 0 Å². The Morgan fingerprint density at radius 2 is 1.85 bits per heavy atom. The van der Waals surface area contributed by atoms with Crippen LogP contribution in [0.15, 0.2) is 0 Å². The van der Waals surface area contributed by atoms with E-state index in [1.165, 1.54) is 0 Å². The molecule has 0 aromatic carbocycles. The first-order valence-corrected chi connectivity index (χ1v) is 4.24. The highest BCUT2D eigenvalue weighted by Gasteiger charge is 2.22. The second-order valence-electron chi connectivity index (χ2n) is 4.11. The van der Waals surface area contributed by atoms with E-state index in [4.69, 9.17) is 10.5 Å². The Morgan fingerprint density at radius 3 is 2.15 bits per heavy atom. The van der Waals surface area contributed by atoms with E-state index in [-0.39, 0.29) is 12.5 Å². The van der Waals surface area contributed by atoms with Gasteiger partial charge < -0.3 is 10.5 Å².